The van der Waals surface area contributed by atoms with Crippen molar-refractivity contribution >= 4 is 22.2 Å². The fraction of sp³-hybridized carbons (Fsp3) is 0.273. The summed E-state index contributed by atoms with van der Waals surface area (Å²) in [5.74, 6) is 1.33. The molecule has 0 unspecified atom stereocenters. The molecular weight excluding hydrogens is 192 g/mol. The van der Waals surface area contributed by atoms with Crippen molar-refractivity contribution in [2.24, 2.45) is 0 Å². The van der Waals surface area contributed by atoms with Crippen LogP contribution in [0.3, 0.4) is 0 Å². The van der Waals surface area contributed by atoms with Gasteiger partial charge in [0.2, 0.25) is 0 Å². The van der Waals surface area contributed by atoms with Crippen LogP contribution in [0.15, 0.2) is 14.9 Å². The van der Waals surface area contributed by atoms with Gasteiger partial charge in [0.1, 0.15) is 11.0 Å². The van der Waals surface area contributed by atoms with Crippen molar-refractivity contribution in [3.8, 4) is 0 Å². The largest absolute Gasteiger partial charge is 0.441 e. The normalized spacial score (nSPS) is 11.7. The van der Waals surface area contributed by atoms with Crippen LogP contribution in [0.2, 0.25) is 0 Å². The molecule has 76 valence electrons. The molecule has 0 spiro atoms. The Kier molecular flexibility index (Phi) is 1.46. The first kappa shape index (κ1) is 8.47. The first-order chi connectivity index (χ1) is 7.15. The molecule has 0 saturated heterocycles. The Morgan fingerprint density at radius 1 is 1.00 bits per heavy atom. The lowest BCUT2D eigenvalue weighted by Crippen LogP contribution is -1.78. The summed E-state index contributed by atoms with van der Waals surface area (Å²) in [4.78, 5) is 8.60. The van der Waals surface area contributed by atoms with E-state index in [-0.39, 0.29) is 0 Å². The maximum absolute atomic E-state index is 5.52. The first-order valence-corrected chi connectivity index (χ1v) is 4.79. The van der Waals surface area contributed by atoms with E-state index in [2.05, 4.69) is 9.97 Å². The zero-order valence-corrected chi connectivity index (χ0v) is 8.79. The van der Waals surface area contributed by atoms with Crippen LogP contribution in [0.4, 0.5) is 0 Å². The maximum atomic E-state index is 5.52. The number of hydrogen-bond donors (Lipinski definition) is 0. The molecule has 0 saturated carbocycles. The van der Waals surface area contributed by atoms with Crippen molar-refractivity contribution in [3.05, 3.63) is 23.4 Å². The number of aromatic nitrogens is 2. The van der Waals surface area contributed by atoms with E-state index in [4.69, 9.17) is 8.83 Å². The lowest BCUT2D eigenvalue weighted by molar-refractivity contribution is 0.559. The van der Waals surface area contributed by atoms with Crippen LogP contribution in [-0.4, -0.2) is 9.97 Å². The minimum Gasteiger partial charge on any atom is -0.441 e. The van der Waals surface area contributed by atoms with Gasteiger partial charge in [-0.05, 0) is 6.92 Å². The van der Waals surface area contributed by atoms with Crippen LogP contribution in [0.1, 0.15) is 17.3 Å². The van der Waals surface area contributed by atoms with Gasteiger partial charge in [-0.25, -0.2) is 9.97 Å². The molecule has 0 atom stereocenters. The van der Waals surface area contributed by atoms with E-state index in [1.807, 2.05) is 26.8 Å². The third-order valence-electron chi connectivity index (χ3n) is 2.48. The van der Waals surface area contributed by atoms with Crippen molar-refractivity contribution in [3.63, 3.8) is 0 Å². The summed E-state index contributed by atoms with van der Waals surface area (Å²) in [5, 5.41) is 0. The van der Waals surface area contributed by atoms with Gasteiger partial charge in [-0.15, -0.1) is 0 Å². The van der Waals surface area contributed by atoms with Crippen molar-refractivity contribution in [1.82, 2.24) is 9.97 Å². The molecule has 3 rings (SSSR count). The molecule has 0 bridgehead atoms. The zero-order chi connectivity index (χ0) is 10.6. The number of fused-ring (bicyclic) bond motifs is 2. The minimum atomic E-state index is 0.664. The van der Waals surface area contributed by atoms with Crippen molar-refractivity contribution in [1.29, 1.82) is 0 Å². The third kappa shape index (κ3) is 1.08. The standard InChI is InChI=1S/C11H10N2O2/c1-5-10-9(14-7(3)13-10)4-8-11(5)15-6(2)12-8/h4H,1-3H3. The highest BCUT2D eigenvalue weighted by molar-refractivity contribution is 5.93. The van der Waals surface area contributed by atoms with Gasteiger partial charge >= 0.3 is 0 Å². The summed E-state index contributed by atoms with van der Waals surface area (Å²) in [6, 6.07) is 1.87. The molecule has 0 aliphatic carbocycles. The highest BCUT2D eigenvalue weighted by Crippen LogP contribution is 2.28. The summed E-state index contributed by atoms with van der Waals surface area (Å²) in [7, 11) is 0. The number of oxazole rings is 2. The fourth-order valence-electron chi connectivity index (χ4n) is 1.85. The van der Waals surface area contributed by atoms with E-state index < -0.39 is 0 Å². The van der Waals surface area contributed by atoms with E-state index in [0.29, 0.717) is 11.8 Å². The van der Waals surface area contributed by atoms with Crippen LogP contribution in [0.5, 0.6) is 0 Å². The van der Waals surface area contributed by atoms with Crippen molar-refractivity contribution in [2.45, 2.75) is 20.8 Å². The monoisotopic (exact) mass is 202 g/mol. The lowest BCUT2D eigenvalue weighted by Gasteiger charge is -1.93. The molecule has 4 nitrogen and oxygen atoms in total. The topological polar surface area (TPSA) is 52.1 Å². The van der Waals surface area contributed by atoms with E-state index in [0.717, 1.165) is 27.8 Å². The lowest BCUT2D eigenvalue weighted by atomic mass is 10.2. The highest BCUT2D eigenvalue weighted by atomic mass is 16.4. The molecular formula is C11H10N2O2. The molecule has 2 heterocycles. The maximum Gasteiger partial charge on any atom is 0.192 e. The Labute approximate surface area is 85.9 Å². The Bertz CT molecular complexity index is 609. The molecule has 4 heteroatoms. The Balaban J connectivity index is 2.56. The second-order valence-electron chi connectivity index (χ2n) is 3.66. The predicted octanol–water partition coefficient (Wildman–Crippen LogP) is 2.89. The van der Waals surface area contributed by atoms with Crippen LogP contribution in [-0.2, 0) is 0 Å². The van der Waals surface area contributed by atoms with Gasteiger partial charge < -0.3 is 8.83 Å². The molecule has 2 aromatic heterocycles. The van der Waals surface area contributed by atoms with E-state index >= 15 is 0 Å². The predicted molar refractivity (Wildman–Crippen MR) is 55.8 cm³/mol. The number of nitrogens with zero attached hydrogens (tertiary/aromatic N) is 2. The second-order valence-corrected chi connectivity index (χ2v) is 3.66. The molecule has 0 aliphatic rings. The van der Waals surface area contributed by atoms with Gasteiger partial charge in [-0.2, -0.15) is 0 Å². The zero-order valence-electron chi connectivity index (χ0n) is 8.79. The summed E-state index contributed by atoms with van der Waals surface area (Å²) in [6.07, 6.45) is 0. The molecule has 0 N–H and O–H groups in total. The van der Waals surface area contributed by atoms with Crippen LogP contribution < -0.4 is 0 Å². The van der Waals surface area contributed by atoms with Crippen molar-refractivity contribution < 1.29 is 8.83 Å². The summed E-state index contributed by atoms with van der Waals surface area (Å²) < 4.78 is 11.0. The molecule has 0 radical (unpaired) electrons. The Morgan fingerprint density at radius 3 is 2.53 bits per heavy atom. The Morgan fingerprint density at radius 2 is 1.73 bits per heavy atom. The summed E-state index contributed by atoms with van der Waals surface area (Å²) in [5.41, 5.74) is 4.24. The highest BCUT2D eigenvalue weighted by Gasteiger charge is 2.13. The fourth-order valence-corrected chi connectivity index (χ4v) is 1.85. The average molecular weight is 202 g/mol. The van der Waals surface area contributed by atoms with E-state index in [9.17, 15) is 0 Å². The quantitative estimate of drug-likeness (QED) is 0.562. The van der Waals surface area contributed by atoms with Crippen LogP contribution >= 0.6 is 0 Å². The summed E-state index contributed by atoms with van der Waals surface area (Å²) >= 11 is 0. The number of benzene rings is 1. The molecule has 0 fully saturated rings. The third-order valence-corrected chi connectivity index (χ3v) is 2.48. The molecule has 1 aromatic carbocycles. The second kappa shape index (κ2) is 2.59. The smallest absolute Gasteiger partial charge is 0.192 e. The van der Waals surface area contributed by atoms with Crippen LogP contribution in [0.25, 0.3) is 22.2 Å². The van der Waals surface area contributed by atoms with Gasteiger partial charge in [0.15, 0.2) is 22.9 Å². The molecule has 3 aromatic rings. The first-order valence-electron chi connectivity index (χ1n) is 4.79. The number of aryl methyl sites for hydroxylation is 3. The van der Waals surface area contributed by atoms with Gasteiger partial charge in [-0.1, -0.05) is 0 Å². The van der Waals surface area contributed by atoms with Crippen LogP contribution in [0, 0.1) is 20.8 Å². The molecule has 15 heavy (non-hydrogen) atoms. The SMILES string of the molecule is Cc1nc2c(C)c3oc(C)nc3cc2o1. The number of rotatable bonds is 0. The minimum absolute atomic E-state index is 0.664. The van der Waals surface area contributed by atoms with E-state index in [1.54, 1.807) is 0 Å². The summed E-state index contributed by atoms with van der Waals surface area (Å²) in [6.45, 7) is 5.64. The number of hydrogen-bond acceptors (Lipinski definition) is 4. The molecule has 0 amide bonds. The van der Waals surface area contributed by atoms with Crippen molar-refractivity contribution in [2.75, 3.05) is 0 Å². The van der Waals surface area contributed by atoms with Gasteiger partial charge in [0.25, 0.3) is 0 Å². The van der Waals surface area contributed by atoms with Gasteiger partial charge in [0, 0.05) is 25.5 Å². The van der Waals surface area contributed by atoms with Gasteiger partial charge in [0.05, 0.1) is 0 Å². The Hall–Kier alpha value is -1.84. The molecule has 0 aliphatic heterocycles. The van der Waals surface area contributed by atoms with E-state index in [1.165, 1.54) is 0 Å². The van der Waals surface area contributed by atoms with Gasteiger partial charge in [-0.3, -0.25) is 0 Å². The average Bonchev–Trinajstić information content (AvgIpc) is 2.69.